The maximum atomic E-state index is 14.4. The molecule has 13 heteroatoms. The van der Waals surface area contributed by atoms with E-state index in [1.54, 1.807) is 27.7 Å². The van der Waals surface area contributed by atoms with E-state index in [-0.39, 0.29) is 31.0 Å². The molecular weight excluding hydrogens is 613 g/mol. The van der Waals surface area contributed by atoms with Crippen LogP contribution in [0.3, 0.4) is 0 Å². The summed E-state index contributed by atoms with van der Waals surface area (Å²) in [6.45, 7) is 7.01. The molecule has 1 saturated heterocycles. The third-order valence-corrected chi connectivity index (χ3v) is 8.97. The van der Waals surface area contributed by atoms with Gasteiger partial charge in [0.15, 0.2) is 0 Å². The van der Waals surface area contributed by atoms with E-state index in [0.29, 0.717) is 30.5 Å². The van der Waals surface area contributed by atoms with Gasteiger partial charge in [0, 0.05) is 30.5 Å². The second-order valence-corrected chi connectivity index (χ2v) is 13.7. The summed E-state index contributed by atoms with van der Waals surface area (Å²) < 4.78 is 12.1. The maximum absolute atomic E-state index is 14.4. The summed E-state index contributed by atoms with van der Waals surface area (Å²) in [5.41, 5.74) is -1.21. The molecule has 1 aromatic carbocycles. The second-order valence-electron chi connectivity index (χ2n) is 13.7. The molecule has 5 atom stereocenters. The molecular formula is C35H44BN5O7. The summed E-state index contributed by atoms with van der Waals surface area (Å²) in [5, 5.41) is 10.3. The van der Waals surface area contributed by atoms with Crippen molar-refractivity contribution in [2.75, 3.05) is 13.2 Å². The maximum Gasteiger partial charge on any atom is 0.408 e. The van der Waals surface area contributed by atoms with Crippen LogP contribution >= 0.6 is 0 Å². The number of rotatable bonds is 5. The summed E-state index contributed by atoms with van der Waals surface area (Å²) in [6, 6.07) is 7.70. The average Bonchev–Trinajstić information content (AvgIpc) is 3.53. The van der Waals surface area contributed by atoms with E-state index in [9.17, 15) is 24.0 Å². The van der Waals surface area contributed by atoms with Gasteiger partial charge in [-0.25, -0.2) is 14.3 Å². The number of benzene rings is 1. The molecule has 0 unspecified atom stereocenters. The summed E-state index contributed by atoms with van der Waals surface area (Å²) >= 11 is 0. The number of alkyl carbamates (subject to hydrolysis) is 1. The summed E-state index contributed by atoms with van der Waals surface area (Å²) in [5.74, 6) is -1.81. The molecule has 2 fully saturated rings. The van der Waals surface area contributed by atoms with E-state index >= 15 is 0 Å². The molecule has 0 spiro atoms. The zero-order valence-electron chi connectivity index (χ0n) is 28.1. The van der Waals surface area contributed by atoms with Crippen molar-refractivity contribution in [1.29, 1.82) is 0 Å². The lowest BCUT2D eigenvalue weighted by molar-refractivity contribution is -0.150. The number of nitrogens with one attached hydrogen (secondary N) is 2. The van der Waals surface area contributed by atoms with Crippen LogP contribution in [0.5, 0.6) is 0 Å². The van der Waals surface area contributed by atoms with Crippen LogP contribution in [-0.4, -0.2) is 82.8 Å². The third kappa shape index (κ3) is 7.82. The van der Waals surface area contributed by atoms with E-state index in [4.69, 9.17) is 17.3 Å². The van der Waals surface area contributed by atoms with Crippen molar-refractivity contribution in [3.63, 3.8) is 0 Å². The topological polar surface area (TPSA) is 149 Å². The van der Waals surface area contributed by atoms with Crippen molar-refractivity contribution in [3.05, 3.63) is 58.9 Å². The Morgan fingerprint density at radius 1 is 1.12 bits per heavy atom. The van der Waals surface area contributed by atoms with Crippen LogP contribution in [0, 0.1) is 5.92 Å². The SMILES string of the molecule is [B]c1cc(=O)n([C@@H]2C[C@H]3C(=O)N[C@]4(C(=O)OCC)C[C@H]4/C=C\CCCCC[C@H](NC(=O)OC(C)(C)C)C(=O)N3C2)nc1-c1ccccc1. The Kier molecular flexibility index (Phi) is 10.5. The first kappa shape index (κ1) is 34.9. The number of hydrogen-bond acceptors (Lipinski definition) is 8. The molecule has 2 aliphatic heterocycles. The fraction of sp³-hybridized carbons (Fsp3) is 0.543. The van der Waals surface area contributed by atoms with E-state index in [2.05, 4.69) is 15.7 Å². The number of aromatic nitrogens is 2. The molecule has 48 heavy (non-hydrogen) atoms. The molecule has 2 aromatic rings. The number of amides is 3. The van der Waals surface area contributed by atoms with Gasteiger partial charge in [0.2, 0.25) is 11.8 Å². The minimum atomic E-state index is -1.25. The van der Waals surface area contributed by atoms with Crippen LogP contribution in [0.4, 0.5) is 4.79 Å². The molecule has 2 radical (unpaired) electrons. The lowest BCUT2D eigenvalue weighted by atomic mass is 9.91. The van der Waals surface area contributed by atoms with Gasteiger partial charge < -0.3 is 25.0 Å². The van der Waals surface area contributed by atoms with Gasteiger partial charge in [-0.2, -0.15) is 5.10 Å². The van der Waals surface area contributed by atoms with Crippen molar-refractivity contribution >= 4 is 37.2 Å². The van der Waals surface area contributed by atoms with Gasteiger partial charge in [-0.15, -0.1) is 0 Å². The van der Waals surface area contributed by atoms with Crippen LogP contribution in [0.15, 0.2) is 53.3 Å². The number of hydrogen-bond donors (Lipinski definition) is 2. The number of allylic oxidation sites excluding steroid dienone is 1. The zero-order valence-corrected chi connectivity index (χ0v) is 28.1. The molecule has 3 aliphatic rings. The van der Waals surface area contributed by atoms with Gasteiger partial charge in [-0.1, -0.05) is 60.8 Å². The number of carbonyl (C=O) groups is 4. The number of carbonyl (C=O) groups excluding carboxylic acids is 4. The summed E-state index contributed by atoms with van der Waals surface area (Å²) in [6.07, 6.45) is 7.02. The highest BCUT2D eigenvalue weighted by Crippen LogP contribution is 2.46. The van der Waals surface area contributed by atoms with Gasteiger partial charge in [0.05, 0.1) is 18.3 Å². The smallest absolute Gasteiger partial charge is 0.408 e. The summed E-state index contributed by atoms with van der Waals surface area (Å²) in [7, 11) is 6.21. The normalized spacial score (nSPS) is 27.0. The zero-order chi connectivity index (χ0) is 34.6. The monoisotopic (exact) mass is 657 g/mol. The minimum absolute atomic E-state index is 0.0375. The highest BCUT2D eigenvalue weighted by atomic mass is 16.6. The molecule has 0 bridgehead atoms. The first-order chi connectivity index (χ1) is 22.8. The molecule has 1 aliphatic carbocycles. The second kappa shape index (κ2) is 14.4. The van der Waals surface area contributed by atoms with Crippen molar-refractivity contribution in [1.82, 2.24) is 25.3 Å². The molecule has 2 N–H and O–H groups in total. The first-order valence-corrected chi connectivity index (χ1v) is 16.7. The largest absolute Gasteiger partial charge is 0.464 e. The van der Waals surface area contributed by atoms with Gasteiger partial charge in [-0.05, 0) is 53.4 Å². The lowest BCUT2D eigenvalue weighted by Gasteiger charge is -2.30. The molecule has 1 aromatic heterocycles. The molecule has 3 heterocycles. The van der Waals surface area contributed by atoms with Crippen molar-refractivity contribution in [2.24, 2.45) is 5.92 Å². The first-order valence-electron chi connectivity index (χ1n) is 16.7. The van der Waals surface area contributed by atoms with E-state index in [0.717, 1.165) is 19.3 Å². The number of ether oxygens (including phenoxy) is 2. The molecule has 1 saturated carbocycles. The molecule has 3 amide bonds. The Hall–Kier alpha value is -4.42. The van der Waals surface area contributed by atoms with Gasteiger partial charge in [0.1, 0.15) is 31.1 Å². The van der Waals surface area contributed by atoms with Crippen LogP contribution in [0.25, 0.3) is 11.3 Å². The summed E-state index contributed by atoms with van der Waals surface area (Å²) in [4.78, 5) is 69.3. The van der Waals surface area contributed by atoms with E-state index < -0.39 is 58.7 Å². The lowest BCUT2D eigenvalue weighted by Crippen LogP contribution is -2.56. The molecule has 12 nitrogen and oxygen atoms in total. The minimum Gasteiger partial charge on any atom is -0.464 e. The van der Waals surface area contributed by atoms with Crippen LogP contribution in [0.2, 0.25) is 0 Å². The van der Waals surface area contributed by atoms with Crippen molar-refractivity contribution in [3.8, 4) is 11.3 Å². The van der Waals surface area contributed by atoms with Crippen molar-refractivity contribution < 1.29 is 28.7 Å². The Morgan fingerprint density at radius 3 is 2.58 bits per heavy atom. The fourth-order valence-corrected chi connectivity index (χ4v) is 6.52. The third-order valence-electron chi connectivity index (χ3n) is 8.97. The Bertz CT molecular complexity index is 1620. The van der Waals surface area contributed by atoms with Crippen LogP contribution in [0.1, 0.15) is 78.7 Å². The highest BCUT2D eigenvalue weighted by molar-refractivity contribution is 6.35. The number of fused-ring (bicyclic) bond motifs is 2. The average molecular weight is 658 g/mol. The predicted molar refractivity (Wildman–Crippen MR) is 179 cm³/mol. The number of esters is 1. The van der Waals surface area contributed by atoms with Crippen LogP contribution in [-0.2, 0) is 23.9 Å². The van der Waals surface area contributed by atoms with Crippen LogP contribution < -0.4 is 21.7 Å². The standard InChI is InChI=1S/C35H44BN5O7/c1-5-47-32(45)35-20-23(35)16-12-7-6-8-13-17-26(37-33(46)48-34(2,3)4)31(44)40-21-24(18-27(40)30(43)38-35)41-28(42)19-25(36)29(39-41)22-14-10-9-11-15-22/h9-12,14-16,19,23-24,26-27H,5-8,13,17-18,20-21H2,1-4H3,(H,37,46)(H,38,43)/b16-12-/t23-,24-,26+,27+,35-/m1/s1. The Labute approximate surface area is 282 Å². The highest BCUT2D eigenvalue weighted by Gasteiger charge is 2.62. The predicted octanol–water partition coefficient (Wildman–Crippen LogP) is 2.70. The molecule has 254 valence electrons. The molecule has 5 rings (SSSR count). The Morgan fingerprint density at radius 2 is 1.88 bits per heavy atom. The Balaban J connectivity index is 1.52. The van der Waals surface area contributed by atoms with Gasteiger partial charge in [-0.3, -0.25) is 14.4 Å². The van der Waals surface area contributed by atoms with Gasteiger partial charge in [0.25, 0.3) is 5.56 Å². The van der Waals surface area contributed by atoms with Crippen molar-refractivity contribution in [2.45, 2.75) is 102 Å². The number of nitrogens with zero attached hydrogens (tertiary/aromatic N) is 3. The quantitative estimate of drug-likeness (QED) is 0.283. The van der Waals surface area contributed by atoms with Gasteiger partial charge >= 0.3 is 12.1 Å². The fourth-order valence-electron chi connectivity index (χ4n) is 6.52. The van der Waals surface area contributed by atoms with E-state index in [1.165, 1.54) is 15.6 Å². The van der Waals surface area contributed by atoms with E-state index in [1.807, 2.05) is 42.5 Å².